The van der Waals surface area contributed by atoms with E-state index >= 15 is 0 Å². The van der Waals surface area contributed by atoms with Gasteiger partial charge >= 0.3 is 5.63 Å². The van der Waals surface area contributed by atoms with E-state index in [1.807, 2.05) is 0 Å². The molecule has 1 saturated heterocycles. The molecule has 0 N–H and O–H groups in total. The Morgan fingerprint density at radius 3 is 2.60 bits per heavy atom. The predicted molar refractivity (Wildman–Crippen MR) is 111 cm³/mol. The predicted octanol–water partition coefficient (Wildman–Crippen LogP) is 3.31. The van der Waals surface area contributed by atoms with Gasteiger partial charge in [-0.2, -0.15) is 0 Å². The number of carbonyl (C=O) groups excluding carboxylic acids is 1. The fourth-order valence-corrected chi connectivity index (χ4v) is 3.64. The number of hydrogen-bond acceptors (Lipinski definition) is 5. The third-order valence-corrected chi connectivity index (χ3v) is 5.44. The molecule has 2 heterocycles. The molecule has 3 aromatic rings. The highest BCUT2D eigenvalue weighted by Gasteiger charge is 2.22. The zero-order valence-corrected chi connectivity index (χ0v) is 16.9. The molecule has 1 aliphatic rings. The van der Waals surface area contributed by atoms with E-state index in [0.29, 0.717) is 49.1 Å². The van der Waals surface area contributed by atoms with E-state index in [-0.39, 0.29) is 18.3 Å². The Morgan fingerprint density at radius 1 is 1.07 bits per heavy atom. The minimum absolute atomic E-state index is 0.0909. The molecule has 4 rings (SSSR count). The maximum Gasteiger partial charge on any atom is 0.336 e. The van der Waals surface area contributed by atoms with E-state index < -0.39 is 5.63 Å². The molecule has 156 valence electrons. The fourth-order valence-electron chi connectivity index (χ4n) is 3.41. The summed E-state index contributed by atoms with van der Waals surface area (Å²) in [4.78, 5) is 27.8. The maximum absolute atomic E-state index is 13.2. The number of piperazine rings is 1. The SMILES string of the molecule is O=C(COc1ccc2ccc(=O)oc2c1)N1CCN(Cc2ccc(F)cc2Cl)CC1. The Bertz CT molecular complexity index is 1130. The molecule has 0 aliphatic carbocycles. The highest BCUT2D eigenvalue weighted by atomic mass is 35.5. The van der Waals surface area contributed by atoms with Crippen LogP contribution in [0.25, 0.3) is 11.0 Å². The van der Waals surface area contributed by atoms with E-state index in [0.717, 1.165) is 10.9 Å². The van der Waals surface area contributed by atoms with Gasteiger partial charge in [-0.15, -0.1) is 0 Å². The van der Waals surface area contributed by atoms with Gasteiger partial charge in [0.15, 0.2) is 6.61 Å². The smallest absolute Gasteiger partial charge is 0.336 e. The van der Waals surface area contributed by atoms with Crippen molar-refractivity contribution in [1.82, 2.24) is 9.80 Å². The van der Waals surface area contributed by atoms with Crippen LogP contribution >= 0.6 is 11.6 Å². The first-order valence-electron chi connectivity index (χ1n) is 9.59. The summed E-state index contributed by atoms with van der Waals surface area (Å²) in [6.07, 6.45) is 0. The molecule has 0 unspecified atom stereocenters. The molecule has 0 radical (unpaired) electrons. The molecule has 30 heavy (non-hydrogen) atoms. The quantitative estimate of drug-likeness (QED) is 0.581. The molecule has 1 aliphatic heterocycles. The second-order valence-corrected chi connectivity index (χ2v) is 7.54. The van der Waals surface area contributed by atoms with E-state index in [1.165, 1.54) is 18.2 Å². The number of fused-ring (bicyclic) bond motifs is 1. The summed E-state index contributed by atoms with van der Waals surface area (Å²) < 4.78 is 23.9. The first-order chi connectivity index (χ1) is 14.5. The largest absolute Gasteiger partial charge is 0.484 e. The van der Waals surface area contributed by atoms with Crippen molar-refractivity contribution in [3.8, 4) is 5.75 Å². The number of halogens is 2. The van der Waals surface area contributed by atoms with Crippen LogP contribution < -0.4 is 10.4 Å². The molecule has 8 heteroatoms. The van der Waals surface area contributed by atoms with Gasteiger partial charge in [-0.25, -0.2) is 9.18 Å². The highest BCUT2D eigenvalue weighted by molar-refractivity contribution is 6.31. The zero-order valence-electron chi connectivity index (χ0n) is 16.1. The van der Waals surface area contributed by atoms with Gasteiger partial charge in [0.25, 0.3) is 5.91 Å². The number of amides is 1. The molecule has 1 fully saturated rings. The van der Waals surface area contributed by atoms with Crippen molar-refractivity contribution in [2.75, 3.05) is 32.8 Å². The van der Waals surface area contributed by atoms with Crippen molar-refractivity contribution in [1.29, 1.82) is 0 Å². The molecule has 0 saturated carbocycles. The van der Waals surface area contributed by atoms with Gasteiger partial charge in [-0.1, -0.05) is 17.7 Å². The van der Waals surface area contributed by atoms with Crippen molar-refractivity contribution < 1.29 is 18.3 Å². The average molecular weight is 431 g/mol. The number of rotatable bonds is 5. The second-order valence-electron chi connectivity index (χ2n) is 7.14. The molecule has 0 spiro atoms. The van der Waals surface area contributed by atoms with Crippen molar-refractivity contribution in [2.24, 2.45) is 0 Å². The summed E-state index contributed by atoms with van der Waals surface area (Å²) in [5, 5.41) is 1.19. The minimum Gasteiger partial charge on any atom is -0.484 e. The fraction of sp³-hybridized carbons (Fsp3) is 0.273. The van der Waals surface area contributed by atoms with E-state index in [2.05, 4.69) is 4.90 Å². The lowest BCUT2D eigenvalue weighted by Crippen LogP contribution is -2.49. The number of benzene rings is 2. The van der Waals surface area contributed by atoms with Crippen LogP contribution in [0.2, 0.25) is 5.02 Å². The number of hydrogen-bond donors (Lipinski definition) is 0. The molecular formula is C22H20ClFN2O4. The lowest BCUT2D eigenvalue weighted by atomic mass is 10.2. The van der Waals surface area contributed by atoms with E-state index in [4.69, 9.17) is 20.8 Å². The van der Waals surface area contributed by atoms with Crippen LogP contribution in [0.4, 0.5) is 4.39 Å². The van der Waals surface area contributed by atoms with Gasteiger partial charge in [0.2, 0.25) is 0 Å². The van der Waals surface area contributed by atoms with Crippen molar-refractivity contribution in [3.05, 3.63) is 75.4 Å². The third kappa shape index (κ3) is 4.80. The summed E-state index contributed by atoms with van der Waals surface area (Å²) in [5.41, 5.74) is 0.847. The Kier molecular flexibility index (Phi) is 6.01. The molecular weight excluding hydrogens is 411 g/mol. The van der Waals surface area contributed by atoms with E-state index in [9.17, 15) is 14.0 Å². The summed E-state index contributed by atoms with van der Waals surface area (Å²) in [7, 11) is 0. The van der Waals surface area contributed by atoms with Gasteiger partial charge in [-0.3, -0.25) is 9.69 Å². The lowest BCUT2D eigenvalue weighted by Gasteiger charge is -2.34. The Labute approximate surface area is 177 Å². The van der Waals surface area contributed by atoms with Gasteiger partial charge in [-0.05, 0) is 35.9 Å². The second kappa shape index (κ2) is 8.85. The molecule has 1 aromatic heterocycles. The minimum atomic E-state index is -0.435. The van der Waals surface area contributed by atoms with Crippen LogP contribution in [0, 0.1) is 5.82 Å². The first kappa shape index (κ1) is 20.4. The van der Waals surface area contributed by atoms with Gasteiger partial charge < -0.3 is 14.1 Å². The molecule has 0 bridgehead atoms. The highest BCUT2D eigenvalue weighted by Crippen LogP contribution is 2.21. The standard InChI is InChI=1S/C22H20ClFN2O4/c23-19-11-17(24)4-1-16(19)13-25-7-9-26(10-8-25)21(27)14-29-18-5-2-15-3-6-22(28)30-20(15)12-18/h1-6,11-12H,7-10,13-14H2. The van der Waals surface area contributed by atoms with Crippen LogP contribution in [0.1, 0.15) is 5.56 Å². The van der Waals surface area contributed by atoms with Crippen LogP contribution in [0.15, 0.2) is 57.7 Å². The summed E-state index contributed by atoms with van der Waals surface area (Å²) in [6, 6.07) is 12.5. The van der Waals surface area contributed by atoms with Crippen molar-refractivity contribution >= 4 is 28.5 Å². The average Bonchev–Trinajstić information content (AvgIpc) is 2.74. The monoisotopic (exact) mass is 430 g/mol. The van der Waals surface area contributed by atoms with Crippen LogP contribution in [-0.4, -0.2) is 48.5 Å². The first-order valence-corrected chi connectivity index (χ1v) is 9.96. The van der Waals surface area contributed by atoms with Crippen LogP contribution in [0.5, 0.6) is 5.75 Å². The lowest BCUT2D eigenvalue weighted by molar-refractivity contribution is -0.135. The molecule has 2 aromatic carbocycles. The normalized spacial score (nSPS) is 14.8. The number of nitrogens with zero attached hydrogens (tertiary/aromatic N) is 2. The Morgan fingerprint density at radius 2 is 1.83 bits per heavy atom. The maximum atomic E-state index is 13.2. The summed E-state index contributed by atoms with van der Waals surface area (Å²) in [5.74, 6) is 0.00610. The molecule has 1 amide bonds. The van der Waals surface area contributed by atoms with Gasteiger partial charge in [0, 0.05) is 55.3 Å². The Hall–Kier alpha value is -2.90. The number of carbonyl (C=O) groups is 1. The van der Waals surface area contributed by atoms with Crippen LogP contribution in [0.3, 0.4) is 0 Å². The topological polar surface area (TPSA) is 63.0 Å². The van der Waals surface area contributed by atoms with Crippen molar-refractivity contribution in [3.63, 3.8) is 0 Å². The Balaban J connectivity index is 1.28. The van der Waals surface area contributed by atoms with Gasteiger partial charge in [0.05, 0.1) is 0 Å². The summed E-state index contributed by atoms with van der Waals surface area (Å²) >= 11 is 6.10. The molecule has 0 atom stereocenters. The summed E-state index contributed by atoms with van der Waals surface area (Å²) in [6.45, 7) is 3.06. The van der Waals surface area contributed by atoms with Crippen molar-refractivity contribution in [2.45, 2.75) is 6.54 Å². The van der Waals surface area contributed by atoms with Gasteiger partial charge in [0.1, 0.15) is 17.1 Å². The zero-order chi connectivity index (χ0) is 21.1. The van der Waals surface area contributed by atoms with E-state index in [1.54, 1.807) is 35.2 Å². The molecule has 6 nitrogen and oxygen atoms in total. The van der Waals surface area contributed by atoms with Crippen LogP contribution in [-0.2, 0) is 11.3 Å². The third-order valence-electron chi connectivity index (χ3n) is 5.09. The number of ether oxygens (including phenoxy) is 1.